The van der Waals surface area contributed by atoms with Crippen LogP contribution in [0.2, 0.25) is 0 Å². The molecule has 1 heterocycles. The lowest BCUT2D eigenvalue weighted by atomic mass is 10.1. The molecule has 0 aliphatic rings. The van der Waals surface area contributed by atoms with Gasteiger partial charge in [0, 0.05) is 17.0 Å². The summed E-state index contributed by atoms with van der Waals surface area (Å²) >= 11 is 1.67. The first-order valence-corrected chi connectivity index (χ1v) is 5.89. The molecule has 2 nitrogen and oxygen atoms in total. The average Bonchev–Trinajstić information content (AvgIpc) is 2.61. The predicted molar refractivity (Wildman–Crippen MR) is 72.3 cm³/mol. The summed E-state index contributed by atoms with van der Waals surface area (Å²) in [5, 5.41) is 4.13. The quantitative estimate of drug-likeness (QED) is 0.926. The van der Waals surface area contributed by atoms with E-state index in [1.54, 1.807) is 23.5 Å². The Morgan fingerprint density at radius 3 is 2.53 bits per heavy atom. The van der Waals surface area contributed by atoms with Crippen LogP contribution in [0.25, 0.3) is 11.3 Å². The fourth-order valence-electron chi connectivity index (χ4n) is 1.55. The lowest BCUT2D eigenvalue weighted by Gasteiger charge is -1.97. The summed E-state index contributed by atoms with van der Waals surface area (Å²) in [6, 6.07) is 6.46. The number of aromatic nitrogens is 1. The molecule has 2 rings (SSSR count). The minimum absolute atomic E-state index is 0. The van der Waals surface area contributed by atoms with E-state index >= 15 is 0 Å². The minimum Gasteiger partial charge on any atom is -0.314 e. The van der Waals surface area contributed by atoms with E-state index in [2.05, 4.69) is 10.3 Å². The van der Waals surface area contributed by atoms with Crippen molar-refractivity contribution in [2.45, 2.75) is 13.5 Å². The van der Waals surface area contributed by atoms with Crippen molar-refractivity contribution in [3.63, 3.8) is 0 Å². The van der Waals surface area contributed by atoms with Gasteiger partial charge in [0.15, 0.2) is 0 Å². The summed E-state index contributed by atoms with van der Waals surface area (Å²) in [6.07, 6.45) is 0. The number of nitrogens with one attached hydrogen (secondary N) is 1. The molecule has 0 atom stereocenters. The molecule has 0 aliphatic carbocycles. The number of thiazole rings is 1. The number of halogens is 2. The zero-order chi connectivity index (χ0) is 11.5. The molecule has 0 aliphatic heterocycles. The highest BCUT2D eigenvalue weighted by molar-refractivity contribution is 7.12. The standard InChI is InChI=1S/C12H13FN2S.ClH/c1-8-12(15-11(16-8)7-14-2)9-3-5-10(13)6-4-9;/h3-6,14H,7H2,1-2H3;1H. The van der Waals surface area contributed by atoms with Crippen LogP contribution in [-0.2, 0) is 6.54 Å². The topological polar surface area (TPSA) is 24.9 Å². The minimum atomic E-state index is -0.216. The van der Waals surface area contributed by atoms with E-state index in [0.29, 0.717) is 0 Å². The van der Waals surface area contributed by atoms with E-state index in [4.69, 9.17) is 0 Å². The zero-order valence-corrected chi connectivity index (χ0v) is 11.3. The first kappa shape index (κ1) is 14.1. The molecule has 1 N–H and O–H groups in total. The van der Waals surface area contributed by atoms with E-state index in [1.807, 2.05) is 14.0 Å². The lowest BCUT2D eigenvalue weighted by Crippen LogP contribution is -2.04. The Morgan fingerprint density at radius 1 is 1.29 bits per heavy atom. The van der Waals surface area contributed by atoms with Gasteiger partial charge in [-0.2, -0.15) is 0 Å². The molecule has 1 aromatic heterocycles. The fourth-order valence-corrected chi connectivity index (χ4v) is 2.52. The highest BCUT2D eigenvalue weighted by Crippen LogP contribution is 2.27. The highest BCUT2D eigenvalue weighted by atomic mass is 35.5. The molecule has 0 unspecified atom stereocenters. The van der Waals surface area contributed by atoms with E-state index in [1.165, 1.54) is 12.1 Å². The van der Waals surface area contributed by atoms with Crippen LogP contribution >= 0.6 is 23.7 Å². The maximum absolute atomic E-state index is 12.8. The molecule has 0 saturated heterocycles. The maximum atomic E-state index is 12.8. The molecule has 92 valence electrons. The second-order valence-electron chi connectivity index (χ2n) is 3.55. The van der Waals surface area contributed by atoms with Gasteiger partial charge in [-0.15, -0.1) is 23.7 Å². The van der Waals surface area contributed by atoms with Crippen molar-refractivity contribution in [2.75, 3.05) is 7.05 Å². The monoisotopic (exact) mass is 272 g/mol. The third-order valence-electron chi connectivity index (χ3n) is 2.29. The van der Waals surface area contributed by atoms with Crippen LogP contribution in [-0.4, -0.2) is 12.0 Å². The van der Waals surface area contributed by atoms with Gasteiger partial charge >= 0.3 is 0 Å². The number of rotatable bonds is 3. The van der Waals surface area contributed by atoms with Crippen LogP contribution in [0.3, 0.4) is 0 Å². The van der Waals surface area contributed by atoms with E-state index < -0.39 is 0 Å². The largest absolute Gasteiger partial charge is 0.314 e. The van der Waals surface area contributed by atoms with E-state index in [9.17, 15) is 4.39 Å². The maximum Gasteiger partial charge on any atom is 0.123 e. The molecule has 5 heteroatoms. The van der Waals surface area contributed by atoms with Crippen molar-refractivity contribution in [3.8, 4) is 11.3 Å². The number of hydrogen-bond acceptors (Lipinski definition) is 3. The number of nitrogens with zero attached hydrogens (tertiary/aromatic N) is 1. The second-order valence-corrected chi connectivity index (χ2v) is 4.84. The van der Waals surface area contributed by atoms with Crippen molar-refractivity contribution in [1.82, 2.24) is 10.3 Å². The Kier molecular flexibility index (Phi) is 5.05. The molecule has 0 fully saturated rings. The fraction of sp³-hybridized carbons (Fsp3) is 0.250. The summed E-state index contributed by atoms with van der Waals surface area (Å²) in [7, 11) is 1.90. The molecule has 2 aromatic rings. The Labute approximate surface area is 110 Å². The third-order valence-corrected chi connectivity index (χ3v) is 3.26. The summed E-state index contributed by atoms with van der Waals surface area (Å²) in [6.45, 7) is 2.81. The van der Waals surface area contributed by atoms with Crippen molar-refractivity contribution in [3.05, 3.63) is 40.0 Å². The summed E-state index contributed by atoms with van der Waals surface area (Å²) in [5.74, 6) is -0.216. The number of hydrogen-bond donors (Lipinski definition) is 1. The lowest BCUT2D eigenvalue weighted by molar-refractivity contribution is 0.628. The van der Waals surface area contributed by atoms with Crippen molar-refractivity contribution in [1.29, 1.82) is 0 Å². The molecular formula is C12H14ClFN2S. The van der Waals surface area contributed by atoms with Crippen LogP contribution in [0.1, 0.15) is 9.88 Å². The van der Waals surface area contributed by atoms with Gasteiger partial charge in [-0.05, 0) is 38.2 Å². The predicted octanol–water partition coefficient (Wildman–Crippen LogP) is 3.40. The van der Waals surface area contributed by atoms with Gasteiger partial charge < -0.3 is 5.32 Å². The molecule has 0 bridgehead atoms. The normalized spacial score (nSPS) is 10.1. The van der Waals surface area contributed by atoms with Crippen LogP contribution in [0.5, 0.6) is 0 Å². The first-order valence-electron chi connectivity index (χ1n) is 5.07. The van der Waals surface area contributed by atoms with Crippen molar-refractivity contribution in [2.24, 2.45) is 0 Å². The Morgan fingerprint density at radius 2 is 1.94 bits per heavy atom. The van der Waals surface area contributed by atoms with Gasteiger partial charge in [0.25, 0.3) is 0 Å². The molecular weight excluding hydrogens is 259 g/mol. The SMILES string of the molecule is CNCc1nc(-c2ccc(F)cc2)c(C)s1.Cl. The molecule has 0 saturated carbocycles. The Balaban J connectivity index is 0.00000144. The van der Waals surface area contributed by atoms with Gasteiger partial charge in [-0.25, -0.2) is 9.37 Å². The Hall–Kier alpha value is -0.970. The van der Waals surface area contributed by atoms with Gasteiger partial charge in [-0.3, -0.25) is 0 Å². The Bertz CT molecular complexity index is 482. The van der Waals surface area contributed by atoms with Crippen LogP contribution < -0.4 is 5.32 Å². The number of aryl methyl sites for hydroxylation is 1. The van der Waals surface area contributed by atoms with Crippen LogP contribution in [0.4, 0.5) is 4.39 Å². The molecule has 0 amide bonds. The smallest absolute Gasteiger partial charge is 0.123 e. The van der Waals surface area contributed by atoms with Gasteiger partial charge in [0.2, 0.25) is 0 Å². The highest BCUT2D eigenvalue weighted by Gasteiger charge is 2.09. The second kappa shape index (κ2) is 6.10. The molecule has 1 aromatic carbocycles. The molecule has 0 spiro atoms. The van der Waals surface area contributed by atoms with E-state index in [0.717, 1.165) is 27.7 Å². The molecule has 0 radical (unpaired) electrons. The van der Waals surface area contributed by atoms with Gasteiger partial charge in [0.1, 0.15) is 10.8 Å². The first-order chi connectivity index (χ1) is 7.70. The summed E-state index contributed by atoms with van der Waals surface area (Å²) in [4.78, 5) is 5.70. The van der Waals surface area contributed by atoms with Crippen LogP contribution in [0.15, 0.2) is 24.3 Å². The van der Waals surface area contributed by atoms with Crippen molar-refractivity contribution >= 4 is 23.7 Å². The summed E-state index contributed by atoms with van der Waals surface area (Å²) < 4.78 is 12.8. The molecule has 17 heavy (non-hydrogen) atoms. The van der Waals surface area contributed by atoms with Gasteiger partial charge in [-0.1, -0.05) is 0 Å². The average molecular weight is 273 g/mol. The third kappa shape index (κ3) is 3.25. The van der Waals surface area contributed by atoms with Crippen molar-refractivity contribution < 1.29 is 4.39 Å². The van der Waals surface area contributed by atoms with E-state index in [-0.39, 0.29) is 18.2 Å². The zero-order valence-electron chi connectivity index (χ0n) is 9.66. The summed E-state index contributed by atoms with van der Waals surface area (Å²) in [5.41, 5.74) is 1.92. The van der Waals surface area contributed by atoms with Crippen LogP contribution in [0, 0.1) is 12.7 Å². The van der Waals surface area contributed by atoms with Gasteiger partial charge in [0.05, 0.1) is 5.69 Å². The number of benzene rings is 1.